The fourth-order valence-corrected chi connectivity index (χ4v) is 3.34. The molecule has 0 saturated carbocycles. The molecule has 0 aliphatic rings. The number of fused-ring (bicyclic) bond motifs is 1. The summed E-state index contributed by atoms with van der Waals surface area (Å²) in [5.74, 6) is 1.72. The number of anilines is 4. The van der Waals surface area contributed by atoms with Crippen LogP contribution >= 0.6 is 0 Å². The maximum Gasteiger partial charge on any atom is 0.229 e. The number of aromatic amines is 1. The smallest absolute Gasteiger partial charge is 0.229 e. The molecule has 2 aromatic heterocycles. The molecule has 0 aliphatic heterocycles. The molecule has 4 rings (SSSR count). The van der Waals surface area contributed by atoms with Crippen LogP contribution in [-0.4, -0.2) is 33.1 Å². The molecule has 0 amide bonds. The fourth-order valence-electron chi connectivity index (χ4n) is 3.34. The zero-order valence-electron chi connectivity index (χ0n) is 17.7. The first-order valence-corrected chi connectivity index (χ1v) is 10.1. The van der Waals surface area contributed by atoms with E-state index >= 15 is 0 Å². The molecule has 158 valence electrons. The highest BCUT2D eigenvalue weighted by molar-refractivity contribution is 5.97. The number of ether oxygens (including phenoxy) is 1. The monoisotopic (exact) mass is 416 g/mol. The number of carbonyl (C=O) groups excluding carboxylic acids is 1. The number of rotatable bonds is 8. The standard InChI is InChI=1S/C23H24N6O2/c1-4-5-20(30)15-6-9-21(31-3)19(12-15)26-23-24-11-10-22(27-23)25-16-7-8-17-14(2)28-29-18(17)13-16/h6-13H,4-5H2,1-3H3,(H,28,29)(H2,24,25,26,27). The van der Waals surface area contributed by atoms with Crippen molar-refractivity contribution in [3.05, 3.63) is 59.9 Å². The lowest BCUT2D eigenvalue weighted by Crippen LogP contribution is -2.04. The van der Waals surface area contributed by atoms with E-state index in [1.54, 1.807) is 37.6 Å². The van der Waals surface area contributed by atoms with Crippen molar-refractivity contribution in [1.82, 2.24) is 20.2 Å². The van der Waals surface area contributed by atoms with E-state index in [-0.39, 0.29) is 5.78 Å². The van der Waals surface area contributed by atoms with Crippen molar-refractivity contribution in [2.75, 3.05) is 17.7 Å². The molecule has 0 fully saturated rings. The zero-order chi connectivity index (χ0) is 21.8. The first kappa shape index (κ1) is 20.3. The number of nitrogens with zero attached hydrogens (tertiary/aromatic N) is 3. The summed E-state index contributed by atoms with van der Waals surface area (Å²) in [6.45, 7) is 3.95. The van der Waals surface area contributed by atoms with Gasteiger partial charge >= 0.3 is 0 Å². The molecule has 0 aliphatic carbocycles. The molecule has 0 atom stereocenters. The zero-order valence-corrected chi connectivity index (χ0v) is 17.7. The van der Waals surface area contributed by atoms with E-state index in [1.165, 1.54) is 0 Å². The van der Waals surface area contributed by atoms with Gasteiger partial charge in [-0.15, -0.1) is 0 Å². The van der Waals surface area contributed by atoms with Crippen molar-refractivity contribution in [2.24, 2.45) is 0 Å². The second-order valence-corrected chi connectivity index (χ2v) is 7.17. The maximum absolute atomic E-state index is 12.3. The molecule has 0 bridgehead atoms. The second kappa shape index (κ2) is 8.83. The fraction of sp³-hybridized carbons (Fsp3) is 0.217. The summed E-state index contributed by atoms with van der Waals surface area (Å²) in [5, 5.41) is 14.8. The van der Waals surface area contributed by atoms with Crippen molar-refractivity contribution in [3.8, 4) is 5.75 Å². The van der Waals surface area contributed by atoms with Crippen LogP contribution in [-0.2, 0) is 0 Å². The van der Waals surface area contributed by atoms with Gasteiger partial charge in [-0.25, -0.2) is 4.98 Å². The largest absolute Gasteiger partial charge is 0.495 e. The number of aromatic nitrogens is 4. The van der Waals surface area contributed by atoms with Gasteiger partial charge in [0, 0.05) is 29.3 Å². The summed E-state index contributed by atoms with van der Waals surface area (Å²) in [6.07, 6.45) is 2.96. The number of Topliss-reactive ketones (excluding diaryl/α,β-unsaturated/α-hetero) is 1. The quantitative estimate of drug-likeness (QED) is 0.342. The van der Waals surface area contributed by atoms with Gasteiger partial charge in [0.2, 0.25) is 5.95 Å². The third kappa shape index (κ3) is 4.48. The molecule has 0 spiro atoms. The Labute approximate surface area is 180 Å². The van der Waals surface area contributed by atoms with Crippen LogP contribution in [0.15, 0.2) is 48.7 Å². The van der Waals surface area contributed by atoms with Crippen LogP contribution in [0.1, 0.15) is 35.8 Å². The first-order valence-electron chi connectivity index (χ1n) is 10.1. The summed E-state index contributed by atoms with van der Waals surface area (Å²) < 4.78 is 5.43. The summed E-state index contributed by atoms with van der Waals surface area (Å²) >= 11 is 0. The molecule has 31 heavy (non-hydrogen) atoms. The van der Waals surface area contributed by atoms with Gasteiger partial charge in [0.15, 0.2) is 5.78 Å². The number of methoxy groups -OCH3 is 1. The van der Waals surface area contributed by atoms with Gasteiger partial charge in [0.1, 0.15) is 11.6 Å². The molecule has 0 unspecified atom stereocenters. The molecule has 3 N–H and O–H groups in total. The van der Waals surface area contributed by atoms with Crippen LogP contribution in [0.4, 0.5) is 23.1 Å². The van der Waals surface area contributed by atoms with Gasteiger partial charge in [0.05, 0.1) is 24.0 Å². The maximum atomic E-state index is 12.3. The highest BCUT2D eigenvalue weighted by atomic mass is 16.5. The Morgan fingerprint density at radius 2 is 2.00 bits per heavy atom. The SMILES string of the molecule is CCCC(=O)c1ccc(OC)c(Nc2nccc(Nc3ccc4c(C)n[nH]c4c3)n2)c1. The molecular formula is C23H24N6O2. The molecule has 0 radical (unpaired) electrons. The number of benzene rings is 2. The lowest BCUT2D eigenvalue weighted by Gasteiger charge is -2.12. The molecule has 2 aromatic carbocycles. The summed E-state index contributed by atoms with van der Waals surface area (Å²) in [5.41, 5.74) is 4.06. The van der Waals surface area contributed by atoms with Gasteiger partial charge in [-0.1, -0.05) is 6.92 Å². The average Bonchev–Trinajstić information content (AvgIpc) is 3.14. The van der Waals surface area contributed by atoms with Crippen LogP contribution in [0.2, 0.25) is 0 Å². The van der Waals surface area contributed by atoms with Crippen molar-refractivity contribution < 1.29 is 9.53 Å². The van der Waals surface area contributed by atoms with Crippen molar-refractivity contribution in [2.45, 2.75) is 26.7 Å². The number of hydrogen-bond donors (Lipinski definition) is 3. The van der Waals surface area contributed by atoms with E-state index in [1.807, 2.05) is 32.0 Å². The highest BCUT2D eigenvalue weighted by Gasteiger charge is 2.11. The summed E-state index contributed by atoms with van der Waals surface area (Å²) in [4.78, 5) is 21.1. The van der Waals surface area contributed by atoms with Crippen molar-refractivity contribution >= 4 is 39.8 Å². The minimum absolute atomic E-state index is 0.0916. The minimum atomic E-state index is 0.0916. The number of aryl methyl sites for hydroxylation is 1. The second-order valence-electron chi connectivity index (χ2n) is 7.17. The van der Waals surface area contributed by atoms with Crippen LogP contribution in [0, 0.1) is 6.92 Å². The Morgan fingerprint density at radius 3 is 2.81 bits per heavy atom. The van der Waals surface area contributed by atoms with Crippen LogP contribution < -0.4 is 15.4 Å². The molecule has 2 heterocycles. The van der Waals surface area contributed by atoms with Crippen LogP contribution in [0.25, 0.3) is 10.9 Å². The van der Waals surface area contributed by atoms with Gasteiger partial charge in [-0.05, 0) is 55.8 Å². The number of H-pyrrole nitrogens is 1. The Balaban J connectivity index is 1.56. The number of hydrogen-bond acceptors (Lipinski definition) is 7. The lowest BCUT2D eigenvalue weighted by atomic mass is 10.1. The van der Waals surface area contributed by atoms with Crippen molar-refractivity contribution in [3.63, 3.8) is 0 Å². The van der Waals surface area contributed by atoms with E-state index in [9.17, 15) is 4.79 Å². The van der Waals surface area contributed by atoms with E-state index in [0.717, 1.165) is 28.7 Å². The van der Waals surface area contributed by atoms with E-state index in [2.05, 4.69) is 30.8 Å². The number of nitrogens with one attached hydrogen (secondary N) is 3. The highest BCUT2D eigenvalue weighted by Crippen LogP contribution is 2.29. The normalized spacial score (nSPS) is 10.8. The van der Waals surface area contributed by atoms with Crippen LogP contribution in [0.5, 0.6) is 5.75 Å². The molecule has 8 heteroatoms. The molecular weight excluding hydrogens is 392 g/mol. The van der Waals surface area contributed by atoms with Gasteiger partial charge in [-0.3, -0.25) is 9.89 Å². The van der Waals surface area contributed by atoms with Gasteiger partial charge in [-0.2, -0.15) is 10.1 Å². The molecule has 4 aromatic rings. The van der Waals surface area contributed by atoms with Crippen LogP contribution in [0.3, 0.4) is 0 Å². The first-order chi connectivity index (χ1) is 15.1. The topological polar surface area (TPSA) is 105 Å². The number of ketones is 1. The van der Waals surface area contributed by atoms with Gasteiger partial charge in [0.25, 0.3) is 0 Å². The third-order valence-electron chi connectivity index (χ3n) is 4.93. The lowest BCUT2D eigenvalue weighted by molar-refractivity contribution is 0.0981. The minimum Gasteiger partial charge on any atom is -0.495 e. The summed E-state index contributed by atoms with van der Waals surface area (Å²) in [7, 11) is 1.58. The molecule has 0 saturated heterocycles. The summed E-state index contributed by atoms with van der Waals surface area (Å²) in [6, 6.07) is 13.1. The Kier molecular flexibility index (Phi) is 5.79. The predicted octanol–water partition coefficient (Wildman–Crippen LogP) is 5.14. The Bertz CT molecular complexity index is 1230. The predicted molar refractivity (Wildman–Crippen MR) is 122 cm³/mol. The van der Waals surface area contributed by atoms with Crippen molar-refractivity contribution in [1.29, 1.82) is 0 Å². The Hall–Kier alpha value is -3.94. The Morgan fingerprint density at radius 1 is 1.13 bits per heavy atom. The van der Waals surface area contributed by atoms with E-state index in [4.69, 9.17) is 4.74 Å². The molecule has 8 nitrogen and oxygen atoms in total. The number of carbonyl (C=O) groups is 1. The van der Waals surface area contributed by atoms with Gasteiger partial charge < -0.3 is 15.4 Å². The third-order valence-corrected chi connectivity index (χ3v) is 4.93. The van der Waals surface area contributed by atoms with E-state index in [0.29, 0.717) is 35.2 Å². The average molecular weight is 416 g/mol. The van der Waals surface area contributed by atoms with E-state index < -0.39 is 0 Å².